The molecule has 1 N–H and O–H groups in total. The molecule has 1 unspecified atom stereocenters. The first-order valence-electron chi connectivity index (χ1n) is 7.95. The van der Waals surface area contributed by atoms with Crippen molar-refractivity contribution in [1.29, 1.82) is 0 Å². The Kier molecular flexibility index (Phi) is 4.78. The number of aliphatic hydroxyl groups is 1. The molecule has 4 nitrogen and oxygen atoms in total. The van der Waals surface area contributed by atoms with Gasteiger partial charge < -0.3 is 14.4 Å². The molecule has 0 amide bonds. The van der Waals surface area contributed by atoms with Crippen LogP contribution < -0.4 is 4.74 Å². The van der Waals surface area contributed by atoms with Crippen molar-refractivity contribution in [3.05, 3.63) is 58.4 Å². The van der Waals surface area contributed by atoms with Crippen LogP contribution in [0.4, 0.5) is 0 Å². The summed E-state index contributed by atoms with van der Waals surface area (Å²) < 4.78 is 7.76. The van der Waals surface area contributed by atoms with Crippen LogP contribution in [0.25, 0.3) is 11.0 Å². The summed E-state index contributed by atoms with van der Waals surface area (Å²) in [5.74, 6) is 1.61. The molecule has 0 saturated carbocycles. The number of nitrogens with zero attached hydrogens (tertiary/aromatic N) is 2. The Balaban J connectivity index is 1.69. The molecule has 0 aliphatic rings. The number of aryl methyl sites for hydroxylation is 3. The predicted octanol–water partition coefficient (Wildman–Crippen LogP) is 4.05. The topological polar surface area (TPSA) is 47.3 Å². The van der Waals surface area contributed by atoms with E-state index in [2.05, 4.69) is 4.98 Å². The van der Waals surface area contributed by atoms with Gasteiger partial charge in [-0.3, -0.25) is 0 Å². The molecule has 5 heteroatoms. The number of hydrogen-bond donors (Lipinski definition) is 1. The third kappa shape index (κ3) is 3.40. The van der Waals surface area contributed by atoms with Crippen LogP contribution in [0.5, 0.6) is 5.75 Å². The first kappa shape index (κ1) is 16.8. The van der Waals surface area contributed by atoms with Crippen molar-refractivity contribution >= 4 is 22.6 Å². The molecule has 126 valence electrons. The number of benzene rings is 2. The van der Waals surface area contributed by atoms with Crippen LogP contribution in [0.3, 0.4) is 0 Å². The second-order valence-electron chi connectivity index (χ2n) is 6.09. The molecule has 0 bridgehead atoms. The Hall–Kier alpha value is -2.04. The molecule has 1 aromatic heterocycles. The number of hydrogen-bond acceptors (Lipinski definition) is 3. The van der Waals surface area contributed by atoms with Crippen LogP contribution in [-0.4, -0.2) is 27.4 Å². The molecule has 0 spiro atoms. The Bertz CT molecular complexity index is 850. The van der Waals surface area contributed by atoms with Gasteiger partial charge in [-0.2, -0.15) is 0 Å². The molecule has 0 aliphatic heterocycles. The molecule has 0 fully saturated rings. The fraction of sp³-hybridized carbons (Fsp3) is 0.316. The van der Waals surface area contributed by atoms with E-state index in [1.54, 1.807) is 0 Å². The maximum atomic E-state index is 10.4. The highest BCUT2D eigenvalue weighted by Gasteiger charge is 2.13. The maximum absolute atomic E-state index is 10.4. The van der Waals surface area contributed by atoms with Gasteiger partial charge >= 0.3 is 0 Å². The van der Waals surface area contributed by atoms with E-state index in [-0.39, 0.29) is 6.61 Å². The van der Waals surface area contributed by atoms with Crippen LogP contribution in [-0.2, 0) is 6.54 Å². The first-order chi connectivity index (χ1) is 11.5. The summed E-state index contributed by atoms with van der Waals surface area (Å²) >= 11 is 6.16. The number of para-hydroxylation sites is 2. The minimum absolute atomic E-state index is 0.215. The van der Waals surface area contributed by atoms with Crippen molar-refractivity contribution in [3.8, 4) is 5.75 Å². The van der Waals surface area contributed by atoms with Gasteiger partial charge in [0.25, 0.3) is 0 Å². The van der Waals surface area contributed by atoms with Crippen molar-refractivity contribution in [2.24, 2.45) is 0 Å². The number of fused-ring (bicyclic) bond motifs is 1. The predicted molar refractivity (Wildman–Crippen MR) is 96.9 cm³/mol. The van der Waals surface area contributed by atoms with E-state index >= 15 is 0 Å². The molecule has 1 atom stereocenters. The van der Waals surface area contributed by atoms with Gasteiger partial charge in [-0.05, 0) is 56.2 Å². The van der Waals surface area contributed by atoms with Crippen molar-refractivity contribution in [3.63, 3.8) is 0 Å². The summed E-state index contributed by atoms with van der Waals surface area (Å²) in [4.78, 5) is 4.51. The van der Waals surface area contributed by atoms with Crippen molar-refractivity contribution in [2.75, 3.05) is 6.61 Å². The van der Waals surface area contributed by atoms with Crippen molar-refractivity contribution < 1.29 is 9.84 Å². The Morgan fingerprint density at radius 2 is 1.83 bits per heavy atom. The standard InChI is InChI=1S/C19H21ClN2O2/c1-12-8-16(9-13(2)19(12)20)24-11-15(23)10-22-14(3)21-17-6-4-5-7-18(17)22/h4-9,15,23H,10-11H2,1-3H3. The highest BCUT2D eigenvalue weighted by atomic mass is 35.5. The highest BCUT2D eigenvalue weighted by Crippen LogP contribution is 2.26. The lowest BCUT2D eigenvalue weighted by Gasteiger charge is -2.16. The Morgan fingerprint density at radius 3 is 2.54 bits per heavy atom. The molecule has 0 aliphatic carbocycles. The molecule has 2 aromatic carbocycles. The van der Waals surface area contributed by atoms with Gasteiger partial charge in [0, 0.05) is 5.02 Å². The van der Waals surface area contributed by atoms with Crippen molar-refractivity contribution in [2.45, 2.75) is 33.4 Å². The lowest BCUT2D eigenvalue weighted by molar-refractivity contribution is 0.0929. The summed E-state index contributed by atoms with van der Waals surface area (Å²) in [6.45, 7) is 6.49. The average Bonchev–Trinajstić information content (AvgIpc) is 2.86. The third-order valence-electron chi connectivity index (χ3n) is 4.09. The van der Waals surface area contributed by atoms with E-state index in [1.165, 1.54) is 0 Å². The SMILES string of the molecule is Cc1cc(OCC(O)Cn2c(C)nc3ccccc32)cc(C)c1Cl. The molecule has 0 saturated heterocycles. The fourth-order valence-corrected chi connectivity index (χ4v) is 2.98. The summed E-state index contributed by atoms with van der Waals surface area (Å²) in [5, 5.41) is 11.1. The number of ether oxygens (including phenoxy) is 1. The number of aliphatic hydroxyl groups excluding tert-OH is 1. The van der Waals surface area contributed by atoms with E-state index in [4.69, 9.17) is 16.3 Å². The summed E-state index contributed by atoms with van der Waals surface area (Å²) in [7, 11) is 0. The second kappa shape index (κ2) is 6.83. The van der Waals surface area contributed by atoms with Gasteiger partial charge in [-0.1, -0.05) is 23.7 Å². The van der Waals surface area contributed by atoms with Gasteiger partial charge in [0.2, 0.25) is 0 Å². The van der Waals surface area contributed by atoms with Crippen LogP contribution in [0.2, 0.25) is 5.02 Å². The smallest absolute Gasteiger partial charge is 0.120 e. The minimum atomic E-state index is -0.627. The van der Waals surface area contributed by atoms with Crippen LogP contribution >= 0.6 is 11.6 Å². The fourth-order valence-electron chi connectivity index (χ4n) is 2.87. The van der Waals surface area contributed by atoms with Gasteiger partial charge in [-0.25, -0.2) is 4.98 Å². The van der Waals surface area contributed by atoms with Gasteiger partial charge in [0.1, 0.15) is 24.3 Å². The quantitative estimate of drug-likeness (QED) is 0.759. The molecule has 3 rings (SSSR count). The van der Waals surface area contributed by atoms with Crippen LogP contribution in [0, 0.1) is 20.8 Å². The van der Waals surface area contributed by atoms with E-state index in [0.717, 1.165) is 38.8 Å². The monoisotopic (exact) mass is 344 g/mol. The zero-order valence-electron chi connectivity index (χ0n) is 14.1. The van der Waals surface area contributed by atoms with Gasteiger partial charge in [0.05, 0.1) is 17.6 Å². The number of imidazole rings is 1. The second-order valence-corrected chi connectivity index (χ2v) is 6.47. The lowest BCUT2D eigenvalue weighted by Crippen LogP contribution is -2.24. The minimum Gasteiger partial charge on any atom is -0.491 e. The van der Waals surface area contributed by atoms with E-state index in [9.17, 15) is 5.11 Å². The van der Waals surface area contributed by atoms with Crippen LogP contribution in [0.1, 0.15) is 17.0 Å². The Morgan fingerprint density at radius 1 is 1.17 bits per heavy atom. The van der Waals surface area contributed by atoms with E-state index < -0.39 is 6.10 Å². The summed E-state index contributed by atoms with van der Waals surface area (Å²) in [6, 6.07) is 11.7. The molecule has 3 aromatic rings. The molecule has 24 heavy (non-hydrogen) atoms. The zero-order chi connectivity index (χ0) is 17.3. The number of rotatable bonds is 5. The molecule has 0 radical (unpaired) electrons. The molecule has 1 heterocycles. The van der Waals surface area contributed by atoms with Gasteiger partial charge in [0.15, 0.2) is 0 Å². The molecular formula is C19H21ClN2O2. The average molecular weight is 345 g/mol. The summed E-state index contributed by atoms with van der Waals surface area (Å²) in [5.41, 5.74) is 3.90. The Labute approximate surface area is 146 Å². The summed E-state index contributed by atoms with van der Waals surface area (Å²) in [6.07, 6.45) is -0.627. The normalized spacial score (nSPS) is 12.5. The lowest BCUT2D eigenvalue weighted by atomic mass is 10.1. The van der Waals surface area contributed by atoms with E-state index in [0.29, 0.717) is 6.54 Å². The first-order valence-corrected chi connectivity index (χ1v) is 8.33. The number of aromatic nitrogens is 2. The van der Waals surface area contributed by atoms with Crippen molar-refractivity contribution in [1.82, 2.24) is 9.55 Å². The number of halogens is 1. The zero-order valence-corrected chi connectivity index (χ0v) is 14.8. The van der Waals surface area contributed by atoms with Crippen LogP contribution in [0.15, 0.2) is 36.4 Å². The van der Waals surface area contributed by atoms with E-state index in [1.807, 2.05) is 61.7 Å². The van der Waals surface area contributed by atoms with Gasteiger partial charge in [-0.15, -0.1) is 0 Å². The maximum Gasteiger partial charge on any atom is 0.120 e. The molecular weight excluding hydrogens is 324 g/mol. The largest absolute Gasteiger partial charge is 0.491 e. The highest BCUT2D eigenvalue weighted by molar-refractivity contribution is 6.32. The third-order valence-corrected chi connectivity index (χ3v) is 4.69.